The third kappa shape index (κ3) is 3.49. The molecule has 0 atom stereocenters. The van der Waals surface area contributed by atoms with Crippen LogP contribution >= 0.6 is 0 Å². The molecule has 0 saturated heterocycles. The van der Waals surface area contributed by atoms with Gasteiger partial charge < -0.3 is 14.5 Å². The molecule has 0 radical (unpaired) electrons. The SMILES string of the molecule is COc1ccc(CNc2ccc(-c3cn4cccc(C)c4n3)cc2)c(F)c1. The van der Waals surface area contributed by atoms with Gasteiger partial charge in [0, 0.05) is 41.8 Å². The summed E-state index contributed by atoms with van der Waals surface area (Å²) in [4.78, 5) is 4.71. The molecule has 27 heavy (non-hydrogen) atoms. The Morgan fingerprint density at radius 3 is 2.63 bits per heavy atom. The minimum atomic E-state index is -0.279. The van der Waals surface area contributed by atoms with E-state index < -0.39 is 0 Å². The van der Waals surface area contributed by atoms with Crippen LogP contribution in [0.4, 0.5) is 10.1 Å². The minimum absolute atomic E-state index is 0.279. The molecule has 136 valence electrons. The van der Waals surface area contributed by atoms with E-state index in [1.165, 1.54) is 13.2 Å². The van der Waals surface area contributed by atoms with E-state index >= 15 is 0 Å². The molecule has 0 fully saturated rings. The normalized spacial score (nSPS) is 10.9. The third-order valence-corrected chi connectivity index (χ3v) is 4.60. The Labute approximate surface area is 157 Å². The number of benzene rings is 2. The van der Waals surface area contributed by atoms with Crippen molar-refractivity contribution >= 4 is 11.3 Å². The van der Waals surface area contributed by atoms with Crippen molar-refractivity contribution in [2.45, 2.75) is 13.5 Å². The largest absolute Gasteiger partial charge is 0.497 e. The third-order valence-electron chi connectivity index (χ3n) is 4.60. The number of methoxy groups -OCH3 is 1. The Bertz CT molecular complexity index is 1090. The zero-order chi connectivity index (χ0) is 18.8. The summed E-state index contributed by atoms with van der Waals surface area (Å²) in [6.07, 6.45) is 4.02. The number of nitrogens with one attached hydrogen (secondary N) is 1. The number of halogens is 1. The van der Waals surface area contributed by atoms with E-state index in [9.17, 15) is 4.39 Å². The van der Waals surface area contributed by atoms with Crippen LogP contribution < -0.4 is 10.1 Å². The van der Waals surface area contributed by atoms with Gasteiger partial charge in [-0.1, -0.05) is 24.3 Å². The number of hydrogen-bond acceptors (Lipinski definition) is 3. The fourth-order valence-corrected chi connectivity index (χ4v) is 3.05. The number of hydrogen-bond donors (Lipinski definition) is 1. The standard InChI is InChI=1S/C22H20FN3O/c1-15-4-3-11-26-14-21(25-22(15)26)16-5-8-18(9-6-16)24-13-17-7-10-19(27-2)12-20(17)23/h3-12,14,24H,13H2,1-2H3. The van der Waals surface area contributed by atoms with Crippen LogP contribution in [-0.4, -0.2) is 16.5 Å². The Kier molecular flexibility index (Phi) is 4.50. The fourth-order valence-electron chi connectivity index (χ4n) is 3.05. The fraction of sp³-hybridized carbons (Fsp3) is 0.136. The van der Waals surface area contributed by atoms with Gasteiger partial charge in [-0.3, -0.25) is 0 Å². The predicted molar refractivity (Wildman–Crippen MR) is 106 cm³/mol. The average molecular weight is 361 g/mol. The lowest BCUT2D eigenvalue weighted by Crippen LogP contribution is -2.02. The van der Waals surface area contributed by atoms with Gasteiger partial charge in [-0.05, 0) is 36.8 Å². The maximum atomic E-state index is 14.0. The van der Waals surface area contributed by atoms with Gasteiger partial charge in [0.2, 0.25) is 0 Å². The summed E-state index contributed by atoms with van der Waals surface area (Å²) in [6.45, 7) is 2.46. The number of rotatable bonds is 5. The van der Waals surface area contributed by atoms with Crippen LogP contribution in [0.25, 0.3) is 16.9 Å². The van der Waals surface area contributed by atoms with E-state index in [4.69, 9.17) is 9.72 Å². The second kappa shape index (κ2) is 7.11. The van der Waals surface area contributed by atoms with E-state index in [1.807, 2.05) is 47.1 Å². The van der Waals surface area contributed by atoms with E-state index in [0.717, 1.165) is 28.2 Å². The van der Waals surface area contributed by atoms with Crippen LogP contribution in [0, 0.1) is 12.7 Å². The first-order valence-electron chi connectivity index (χ1n) is 8.75. The van der Waals surface area contributed by atoms with Crippen LogP contribution in [-0.2, 0) is 6.54 Å². The maximum absolute atomic E-state index is 14.0. The zero-order valence-corrected chi connectivity index (χ0v) is 15.2. The van der Waals surface area contributed by atoms with Crippen molar-refractivity contribution in [3.8, 4) is 17.0 Å². The molecule has 2 aromatic heterocycles. The summed E-state index contributed by atoms with van der Waals surface area (Å²) in [7, 11) is 1.53. The quantitative estimate of drug-likeness (QED) is 0.539. The van der Waals surface area contributed by atoms with Crippen molar-refractivity contribution in [2.75, 3.05) is 12.4 Å². The van der Waals surface area contributed by atoms with Crippen LogP contribution in [0.3, 0.4) is 0 Å². The van der Waals surface area contributed by atoms with Gasteiger partial charge in [0.15, 0.2) is 0 Å². The molecule has 4 aromatic rings. The van der Waals surface area contributed by atoms with Crippen molar-refractivity contribution in [1.82, 2.24) is 9.38 Å². The molecule has 0 saturated carbocycles. The van der Waals surface area contributed by atoms with Crippen molar-refractivity contribution in [1.29, 1.82) is 0 Å². The van der Waals surface area contributed by atoms with Crippen LogP contribution in [0.1, 0.15) is 11.1 Å². The van der Waals surface area contributed by atoms with Crippen LogP contribution in [0.5, 0.6) is 5.75 Å². The van der Waals surface area contributed by atoms with Gasteiger partial charge in [0.05, 0.1) is 12.8 Å². The van der Waals surface area contributed by atoms with Gasteiger partial charge >= 0.3 is 0 Å². The number of imidazole rings is 1. The van der Waals surface area contributed by atoms with Crippen molar-refractivity contribution < 1.29 is 9.13 Å². The molecule has 0 bridgehead atoms. The first kappa shape index (κ1) is 17.1. The molecule has 0 aliphatic heterocycles. The Morgan fingerprint density at radius 1 is 1.11 bits per heavy atom. The van der Waals surface area contributed by atoms with E-state index in [-0.39, 0.29) is 5.82 Å². The van der Waals surface area contributed by atoms with Crippen molar-refractivity contribution in [3.05, 3.63) is 83.9 Å². The minimum Gasteiger partial charge on any atom is -0.497 e. The molecule has 1 N–H and O–H groups in total. The lowest BCUT2D eigenvalue weighted by Gasteiger charge is -2.09. The van der Waals surface area contributed by atoms with E-state index in [0.29, 0.717) is 17.9 Å². The van der Waals surface area contributed by atoms with Gasteiger partial charge in [-0.15, -0.1) is 0 Å². The first-order valence-corrected chi connectivity index (χ1v) is 8.75. The lowest BCUT2D eigenvalue weighted by atomic mass is 10.1. The summed E-state index contributed by atoms with van der Waals surface area (Å²) in [5.41, 5.74) is 5.59. The van der Waals surface area contributed by atoms with Gasteiger partial charge in [0.25, 0.3) is 0 Å². The summed E-state index contributed by atoms with van der Waals surface area (Å²) in [5.74, 6) is 0.238. The summed E-state index contributed by atoms with van der Waals surface area (Å²) in [6, 6.07) is 16.9. The highest BCUT2D eigenvalue weighted by molar-refractivity contribution is 5.66. The number of aromatic nitrogens is 2. The molecule has 4 rings (SSSR count). The second-order valence-electron chi connectivity index (χ2n) is 6.44. The van der Waals surface area contributed by atoms with E-state index in [1.54, 1.807) is 12.1 Å². The number of anilines is 1. The average Bonchev–Trinajstić information content (AvgIpc) is 3.13. The lowest BCUT2D eigenvalue weighted by molar-refractivity contribution is 0.411. The molecule has 2 heterocycles. The highest BCUT2D eigenvalue weighted by Gasteiger charge is 2.07. The molecule has 5 heteroatoms. The molecule has 0 spiro atoms. The number of fused-ring (bicyclic) bond motifs is 1. The predicted octanol–water partition coefficient (Wildman–Crippen LogP) is 5.07. The molecule has 4 nitrogen and oxygen atoms in total. The van der Waals surface area contributed by atoms with Crippen LogP contribution in [0.15, 0.2) is 67.0 Å². The topological polar surface area (TPSA) is 38.6 Å². The molecule has 0 aliphatic rings. The Balaban J connectivity index is 1.49. The monoisotopic (exact) mass is 361 g/mol. The second-order valence-corrected chi connectivity index (χ2v) is 6.44. The highest BCUT2D eigenvalue weighted by Crippen LogP contribution is 2.23. The Hall–Kier alpha value is -3.34. The highest BCUT2D eigenvalue weighted by atomic mass is 19.1. The smallest absolute Gasteiger partial charge is 0.140 e. The molecule has 0 amide bonds. The van der Waals surface area contributed by atoms with Gasteiger partial charge in [0.1, 0.15) is 17.2 Å². The van der Waals surface area contributed by atoms with Crippen molar-refractivity contribution in [3.63, 3.8) is 0 Å². The summed E-state index contributed by atoms with van der Waals surface area (Å²) in [5, 5.41) is 3.25. The number of pyridine rings is 1. The van der Waals surface area contributed by atoms with Crippen LogP contribution in [0.2, 0.25) is 0 Å². The van der Waals surface area contributed by atoms with Gasteiger partial charge in [-0.25, -0.2) is 9.37 Å². The molecule has 0 aliphatic carbocycles. The number of aryl methyl sites for hydroxylation is 1. The molecule has 0 unspecified atom stereocenters. The zero-order valence-electron chi connectivity index (χ0n) is 15.2. The molecular formula is C22H20FN3O. The summed E-state index contributed by atoms with van der Waals surface area (Å²) < 4.78 is 21.1. The first-order chi connectivity index (χ1) is 13.1. The maximum Gasteiger partial charge on any atom is 0.140 e. The van der Waals surface area contributed by atoms with E-state index in [2.05, 4.69) is 18.3 Å². The number of ether oxygens (including phenoxy) is 1. The molecule has 2 aromatic carbocycles. The summed E-state index contributed by atoms with van der Waals surface area (Å²) >= 11 is 0. The Morgan fingerprint density at radius 2 is 1.93 bits per heavy atom. The van der Waals surface area contributed by atoms with Crippen molar-refractivity contribution in [2.24, 2.45) is 0 Å². The molecular weight excluding hydrogens is 341 g/mol. The van der Waals surface area contributed by atoms with Gasteiger partial charge in [-0.2, -0.15) is 0 Å². The number of nitrogens with zero attached hydrogens (tertiary/aromatic N) is 2.